The van der Waals surface area contributed by atoms with Gasteiger partial charge in [0.25, 0.3) is 0 Å². The minimum absolute atomic E-state index is 0.325. The number of pyridine rings is 1. The molecule has 0 saturated carbocycles. The van der Waals surface area contributed by atoms with Gasteiger partial charge < -0.3 is 10.5 Å². The summed E-state index contributed by atoms with van der Waals surface area (Å²) < 4.78 is 19.1. The predicted molar refractivity (Wildman–Crippen MR) is 71.0 cm³/mol. The van der Waals surface area contributed by atoms with Crippen LogP contribution in [0.25, 0.3) is 0 Å². The topological polar surface area (TPSA) is 48.1 Å². The summed E-state index contributed by atoms with van der Waals surface area (Å²) in [5.74, 6) is 0.634. The molecule has 0 atom stereocenters. The van der Waals surface area contributed by atoms with Gasteiger partial charge in [-0.1, -0.05) is 0 Å². The molecule has 0 aliphatic heterocycles. The number of halogens is 2. The van der Waals surface area contributed by atoms with Gasteiger partial charge in [-0.25, -0.2) is 9.37 Å². The molecule has 5 heteroatoms. The molecule has 2 rings (SSSR count). The lowest BCUT2D eigenvalue weighted by atomic mass is 10.2. The van der Waals surface area contributed by atoms with Gasteiger partial charge in [0.2, 0.25) is 5.88 Å². The number of ether oxygens (including phenoxy) is 1. The molecule has 0 spiro atoms. The number of benzene rings is 1. The van der Waals surface area contributed by atoms with Crippen molar-refractivity contribution in [3.05, 3.63) is 51.9 Å². The van der Waals surface area contributed by atoms with E-state index in [1.807, 2.05) is 13.0 Å². The summed E-state index contributed by atoms with van der Waals surface area (Å²) >= 11 is 3.24. The number of rotatable bonds is 3. The smallest absolute Gasteiger partial charge is 0.219 e. The Kier molecular flexibility index (Phi) is 3.93. The fourth-order valence-electron chi connectivity index (χ4n) is 1.55. The second-order valence-electron chi connectivity index (χ2n) is 3.84. The highest BCUT2D eigenvalue weighted by Gasteiger charge is 2.06. The SMILES string of the molecule is Cc1cc(CN)cc(Oc2ccc(F)cc2Br)n1. The maximum atomic E-state index is 13.0. The van der Waals surface area contributed by atoms with Gasteiger partial charge in [0, 0.05) is 18.3 Å². The van der Waals surface area contributed by atoms with Crippen LogP contribution in [-0.4, -0.2) is 4.98 Å². The van der Waals surface area contributed by atoms with Crippen molar-refractivity contribution in [1.29, 1.82) is 0 Å². The summed E-state index contributed by atoms with van der Waals surface area (Å²) in [4.78, 5) is 4.25. The molecular weight excluding hydrogens is 299 g/mol. The monoisotopic (exact) mass is 310 g/mol. The lowest BCUT2D eigenvalue weighted by Gasteiger charge is -2.09. The Bertz CT molecular complexity index is 575. The van der Waals surface area contributed by atoms with Gasteiger partial charge in [-0.3, -0.25) is 0 Å². The molecular formula is C13H12BrFN2O. The largest absolute Gasteiger partial charge is 0.438 e. The second kappa shape index (κ2) is 5.46. The van der Waals surface area contributed by atoms with Crippen LogP contribution in [0.4, 0.5) is 4.39 Å². The van der Waals surface area contributed by atoms with Gasteiger partial charge in [-0.15, -0.1) is 0 Å². The van der Waals surface area contributed by atoms with Crippen LogP contribution >= 0.6 is 15.9 Å². The Labute approximate surface area is 113 Å². The molecule has 3 nitrogen and oxygen atoms in total. The van der Waals surface area contributed by atoms with E-state index in [1.54, 1.807) is 12.1 Å². The molecule has 0 aliphatic rings. The van der Waals surface area contributed by atoms with Gasteiger partial charge >= 0.3 is 0 Å². The number of aromatic nitrogens is 1. The highest BCUT2D eigenvalue weighted by Crippen LogP contribution is 2.29. The third kappa shape index (κ3) is 3.05. The Morgan fingerprint density at radius 3 is 2.78 bits per heavy atom. The average Bonchev–Trinajstić information content (AvgIpc) is 2.32. The lowest BCUT2D eigenvalue weighted by Crippen LogP contribution is -1.99. The summed E-state index contributed by atoms with van der Waals surface area (Å²) in [6.45, 7) is 2.29. The molecule has 0 saturated heterocycles. The molecule has 94 valence electrons. The van der Waals surface area contributed by atoms with Crippen LogP contribution in [0, 0.1) is 12.7 Å². The summed E-state index contributed by atoms with van der Waals surface area (Å²) in [5, 5.41) is 0. The summed E-state index contributed by atoms with van der Waals surface area (Å²) in [5.41, 5.74) is 7.35. The second-order valence-corrected chi connectivity index (χ2v) is 4.69. The summed E-state index contributed by atoms with van der Waals surface area (Å²) in [7, 11) is 0. The Balaban J connectivity index is 2.30. The fraction of sp³-hybridized carbons (Fsp3) is 0.154. The van der Waals surface area contributed by atoms with Crippen LogP contribution in [0.2, 0.25) is 0 Å². The van der Waals surface area contributed by atoms with Crippen LogP contribution in [0.5, 0.6) is 11.6 Å². The van der Waals surface area contributed by atoms with Crippen molar-refractivity contribution in [2.45, 2.75) is 13.5 Å². The average molecular weight is 311 g/mol. The standard InChI is InChI=1S/C13H12BrFN2O/c1-8-4-9(7-16)5-13(17-8)18-12-3-2-10(15)6-11(12)14/h2-6H,7,16H2,1H3. The van der Waals surface area contributed by atoms with E-state index in [-0.39, 0.29) is 5.82 Å². The van der Waals surface area contributed by atoms with Crippen LogP contribution < -0.4 is 10.5 Å². The van der Waals surface area contributed by atoms with Crippen molar-refractivity contribution in [2.24, 2.45) is 5.73 Å². The maximum absolute atomic E-state index is 13.0. The molecule has 1 heterocycles. The van der Waals surface area contributed by atoms with Crippen LogP contribution in [0.3, 0.4) is 0 Å². The molecule has 18 heavy (non-hydrogen) atoms. The molecule has 0 unspecified atom stereocenters. The molecule has 0 amide bonds. The van der Waals surface area contributed by atoms with Crippen LogP contribution in [0.15, 0.2) is 34.8 Å². The molecule has 1 aromatic heterocycles. The Morgan fingerprint density at radius 2 is 2.11 bits per heavy atom. The Morgan fingerprint density at radius 1 is 1.33 bits per heavy atom. The number of hydrogen-bond acceptors (Lipinski definition) is 3. The maximum Gasteiger partial charge on any atom is 0.219 e. The molecule has 0 aliphatic carbocycles. The minimum atomic E-state index is -0.325. The molecule has 1 aromatic carbocycles. The normalized spacial score (nSPS) is 10.4. The third-order valence-corrected chi connectivity index (χ3v) is 2.95. The zero-order valence-corrected chi connectivity index (χ0v) is 11.4. The Hall–Kier alpha value is -1.46. The highest BCUT2D eigenvalue weighted by molar-refractivity contribution is 9.10. The van der Waals surface area contributed by atoms with E-state index in [4.69, 9.17) is 10.5 Å². The summed E-state index contributed by atoms with van der Waals surface area (Å²) in [6, 6.07) is 7.88. The number of aryl methyl sites for hydroxylation is 1. The molecule has 0 bridgehead atoms. The predicted octanol–water partition coefficient (Wildman–Crippen LogP) is 3.54. The van der Waals surface area contributed by atoms with E-state index < -0.39 is 0 Å². The lowest BCUT2D eigenvalue weighted by molar-refractivity contribution is 0.456. The van der Waals surface area contributed by atoms with Crippen molar-refractivity contribution in [3.63, 3.8) is 0 Å². The van der Waals surface area contributed by atoms with Crippen LogP contribution in [0.1, 0.15) is 11.3 Å². The number of nitrogens with two attached hydrogens (primary N) is 1. The van der Waals surface area contributed by atoms with Crippen molar-refractivity contribution < 1.29 is 9.13 Å². The molecule has 0 fully saturated rings. The van der Waals surface area contributed by atoms with Gasteiger partial charge in [0.1, 0.15) is 11.6 Å². The van der Waals surface area contributed by atoms with Gasteiger partial charge in [-0.2, -0.15) is 0 Å². The molecule has 2 N–H and O–H groups in total. The van der Waals surface area contributed by atoms with Gasteiger partial charge in [-0.05, 0) is 52.7 Å². The van der Waals surface area contributed by atoms with E-state index in [0.717, 1.165) is 11.3 Å². The van der Waals surface area contributed by atoms with Crippen LogP contribution in [-0.2, 0) is 6.54 Å². The zero-order chi connectivity index (χ0) is 13.1. The van der Waals surface area contributed by atoms with E-state index in [0.29, 0.717) is 22.6 Å². The fourth-order valence-corrected chi connectivity index (χ4v) is 1.98. The summed E-state index contributed by atoms with van der Waals surface area (Å²) in [6.07, 6.45) is 0. The quantitative estimate of drug-likeness (QED) is 0.943. The van der Waals surface area contributed by atoms with Gasteiger partial charge in [0.05, 0.1) is 4.47 Å². The first kappa shape index (κ1) is 13.0. The van der Waals surface area contributed by atoms with Crippen molar-refractivity contribution in [3.8, 4) is 11.6 Å². The number of nitrogens with zero attached hydrogens (tertiary/aromatic N) is 1. The number of hydrogen-bond donors (Lipinski definition) is 1. The van der Waals surface area contributed by atoms with Crippen molar-refractivity contribution in [2.75, 3.05) is 0 Å². The van der Waals surface area contributed by atoms with E-state index in [1.165, 1.54) is 12.1 Å². The van der Waals surface area contributed by atoms with E-state index in [2.05, 4.69) is 20.9 Å². The van der Waals surface area contributed by atoms with E-state index in [9.17, 15) is 4.39 Å². The first-order valence-corrected chi connectivity index (χ1v) is 6.18. The zero-order valence-electron chi connectivity index (χ0n) is 9.78. The van der Waals surface area contributed by atoms with Crippen molar-refractivity contribution >= 4 is 15.9 Å². The van der Waals surface area contributed by atoms with Gasteiger partial charge in [0.15, 0.2) is 0 Å². The molecule has 0 radical (unpaired) electrons. The third-order valence-electron chi connectivity index (χ3n) is 2.33. The minimum Gasteiger partial charge on any atom is -0.438 e. The molecule has 2 aromatic rings. The van der Waals surface area contributed by atoms with E-state index >= 15 is 0 Å². The highest BCUT2D eigenvalue weighted by atomic mass is 79.9. The first-order chi connectivity index (χ1) is 8.58. The van der Waals surface area contributed by atoms with Crippen molar-refractivity contribution in [1.82, 2.24) is 4.98 Å². The first-order valence-electron chi connectivity index (χ1n) is 5.39.